The van der Waals surface area contributed by atoms with Gasteiger partial charge in [-0.1, -0.05) is 6.92 Å². The molecule has 2 N–H and O–H groups in total. The molecule has 0 saturated carbocycles. The number of nitrogens with zero attached hydrogens (tertiary/aromatic N) is 3. The molecule has 0 atom stereocenters. The Morgan fingerprint density at radius 2 is 2.12 bits per heavy atom. The van der Waals surface area contributed by atoms with Gasteiger partial charge in [0.15, 0.2) is 5.96 Å². The van der Waals surface area contributed by atoms with Gasteiger partial charge in [0.1, 0.15) is 0 Å². The predicted octanol–water partition coefficient (Wildman–Crippen LogP) is 3.04. The first kappa shape index (κ1) is 21.6. The molecular weight excluding hydrogens is 433 g/mol. The largest absolute Gasteiger partial charge is 0.357 e. The van der Waals surface area contributed by atoms with Gasteiger partial charge >= 0.3 is 0 Å². The normalized spacial score (nSPS) is 16.7. The smallest absolute Gasteiger partial charge is 0.191 e. The highest BCUT2D eigenvalue weighted by atomic mass is 127. The van der Waals surface area contributed by atoms with E-state index in [0.717, 1.165) is 25.5 Å². The number of halogens is 1. The summed E-state index contributed by atoms with van der Waals surface area (Å²) in [5, 5.41) is 8.15. The molecule has 2 heterocycles. The van der Waals surface area contributed by atoms with Crippen molar-refractivity contribution in [3.05, 3.63) is 16.1 Å². The lowest BCUT2D eigenvalue weighted by Crippen LogP contribution is -2.48. The fourth-order valence-corrected chi connectivity index (χ4v) is 3.69. The van der Waals surface area contributed by atoms with E-state index in [2.05, 4.69) is 41.3 Å². The molecule has 0 unspecified atom stereocenters. The molecule has 0 bridgehead atoms. The molecule has 1 aliphatic heterocycles. The third-order valence-corrected chi connectivity index (χ3v) is 5.05. The molecule has 0 spiro atoms. The van der Waals surface area contributed by atoms with E-state index in [9.17, 15) is 0 Å². The first-order valence-corrected chi connectivity index (χ1v) is 9.71. The van der Waals surface area contributed by atoms with E-state index in [1.807, 2.05) is 6.20 Å². The molecule has 24 heavy (non-hydrogen) atoms. The summed E-state index contributed by atoms with van der Waals surface area (Å²) in [4.78, 5) is 13.0. The van der Waals surface area contributed by atoms with Crippen LogP contribution >= 0.6 is 35.3 Å². The standard InChI is InChI=1S/C17H31N5S.HI/c1-4-10-22-11-7-15(8-12-22)21-17(18-5-2)19-9-6-16-20-13-14(3)23-16;/h13,15H,4-12H2,1-3H3,(H2,18,19,21);1H. The summed E-state index contributed by atoms with van der Waals surface area (Å²) >= 11 is 1.77. The Bertz CT molecular complexity index is 483. The molecule has 7 heteroatoms. The van der Waals surface area contributed by atoms with Crippen LogP contribution in [-0.2, 0) is 6.42 Å². The Morgan fingerprint density at radius 3 is 2.71 bits per heavy atom. The zero-order valence-electron chi connectivity index (χ0n) is 15.2. The lowest BCUT2D eigenvalue weighted by atomic mass is 10.1. The van der Waals surface area contributed by atoms with Crippen molar-refractivity contribution < 1.29 is 0 Å². The van der Waals surface area contributed by atoms with Crippen molar-refractivity contribution in [3.63, 3.8) is 0 Å². The van der Waals surface area contributed by atoms with Gasteiger partial charge in [-0.25, -0.2) is 4.98 Å². The van der Waals surface area contributed by atoms with Gasteiger partial charge in [-0.2, -0.15) is 0 Å². The summed E-state index contributed by atoms with van der Waals surface area (Å²) in [7, 11) is 0. The van der Waals surface area contributed by atoms with Crippen LogP contribution in [0.25, 0.3) is 0 Å². The molecule has 0 radical (unpaired) electrons. The minimum atomic E-state index is 0. The van der Waals surface area contributed by atoms with E-state index in [4.69, 9.17) is 4.99 Å². The van der Waals surface area contributed by atoms with Gasteiger partial charge in [-0.3, -0.25) is 4.99 Å². The highest BCUT2D eigenvalue weighted by Crippen LogP contribution is 2.12. The van der Waals surface area contributed by atoms with Crippen molar-refractivity contribution in [2.24, 2.45) is 4.99 Å². The first-order valence-electron chi connectivity index (χ1n) is 8.89. The summed E-state index contributed by atoms with van der Waals surface area (Å²) in [6.45, 7) is 11.8. The van der Waals surface area contributed by atoms with Gasteiger partial charge in [-0.05, 0) is 39.7 Å². The van der Waals surface area contributed by atoms with Gasteiger partial charge in [0.25, 0.3) is 0 Å². The maximum absolute atomic E-state index is 4.71. The minimum Gasteiger partial charge on any atom is -0.357 e. The zero-order valence-corrected chi connectivity index (χ0v) is 18.3. The quantitative estimate of drug-likeness (QED) is 0.369. The van der Waals surface area contributed by atoms with Crippen molar-refractivity contribution in [1.82, 2.24) is 20.5 Å². The Kier molecular flexibility index (Phi) is 10.8. The summed E-state index contributed by atoms with van der Waals surface area (Å²) in [5.74, 6) is 0.953. The number of hydrogen-bond acceptors (Lipinski definition) is 4. The summed E-state index contributed by atoms with van der Waals surface area (Å²) in [6, 6.07) is 0.544. The maximum Gasteiger partial charge on any atom is 0.191 e. The van der Waals surface area contributed by atoms with Gasteiger partial charge < -0.3 is 15.5 Å². The summed E-state index contributed by atoms with van der Waals surface area (Å²) in [5.41, 5.74) is 0. The van der Waals surface area contributed by atoms with Crippen molar-refractivity contribution in [1.29, 1.82) is 0 Å². The van der Waals surface area contributed by atoms with E-state index >= 15 is 0 Å². The van der Waals surface area contributed by atoms with Gasteiger partial charge in [0.05, 0.1) is 5.01 Å². The third kappa shape index (κ3) is 7.65. The highest BCUT2D eigenvalue weighted by molar-refractivity contribution is 14.0. The lowest BCUT2D eigenvalue weighted by Gasteiger charge is -2.32. The lowest BCUT2D eigenvalue weighted by molar-refractivity contribution is 0.206. The Balaban J connectivity index is 0.00000288. The topological polar surface area (TPSA) is 52.5 Å². The SMILES string of the molecule is CCCN1CCC(NC(=NCCc2ncc(C)s2)NCC)CC1.I. The van der Waals surface area contributed by atoms with Crippen LogP contribution in [0.2, 0.25) is 0 Å². The second-order valence-corrected chi connectivity index (χ2v) is 7.45. The van der Waals surface area contributed by atoms with Crippen LogP contribution in [0.3, 0.4) is 0 Å². The van der Waals surface area contributed by atoms with E-state index in [-0.39, 0.29) is 24.0 Å². The molecule has 138 valence electrons. The minimum absolute atomic E-state index is 0. The molecule has 1 saturated heterocycles. The van der Waals surface area contributed by atoms with Crippen molar-refractivity contribution in [2.75, 3.05) is 32.7 Å². The molecule has 2 rings (SSSR count). The van der Waals surface area contributed by atoms with Crippen LogP contribution in [0.4, 0.5) is 0 Å². The second kappa shape index (κ2) is 12.0. The van der Waals surface area contributed by atoms with E-state index in [1.54, 1.807) is 11.3 Å². The molecule has 1 aliphatic rings. The van der Waals surface area contributed by atoms with Crippen LogP contribution in [0.5, 0.6) is 0 Å². The van der Waals surface area contributed by atoms with Crippen molar-refractivity contribution in [3.8, 4) is 0 Å². The predicted molar refractivity (Wildman–Crippen MR) is 115 cm³/mol. The number of nitrogens with one attached hydrogen (secondary N) is 2. The Hall–Kier alpha value is -0.410. The van der Waals surface area contributed by atoms with Crippen LogP contribution < -0.4 is 10.6 Å². The van der Waals surface area contributed by atoms with Crippen molar-refractivity contribution in [2.45, 2.75) is 52.5 Å². The van der Waals surface area contributed by atoms with E-state index < -0.39 is 0 Å². The van der Waals surface area contributed by atoms with Crippen LogP contribution in [0.15, 0.2) is 11.2 Å². The summed E-state index contributed by atoms with van der Waals surface area (Å²) in [6.07, 6.45) is 6.52. The Labute approximate surface area is 167 Å². The number of guanidine groups is 1. The number of hydrogen-bond donors (Lipinski definition) is 2. The molecule has 1 aromatic rings. The monoisotopic (exact) mass is 465 g/mol. The zero-order chi connectivity index (χ0) is 16.5. The van der Waals surface area contributed by atoms with Crippen LogP contribution in [-0.4, -0.2) is 54.6 Å². The van der Waals surface area contributed by atoms with E-state index in [0.29, 0.717) is 6.04 Å². The molecule has 0 amide bonds. The Morgan fingerprint density at radius 1 is 1.38 bits per heavy atom. The van der Waals surface area contributed by atoms with E-state index in [1.165, 1.54) is 48.8 Å². The number of piperidine rings is 1. The number of aliphatic imine (C=N–C) groups is 1. The van der Waals surface area contributed by atoms with Gasteiger partial charge in [0, 0.05) is 49.7 Å². The number of aromatic nitrogens is 1. The maximum atomic E-state index is 4.71. The van der Waals surface area contributed by atoms with Gasteiger partial charge in [0.2, 0.25) is 0 Å². The first-order chi connectivity index (χ1) is 11.2. The van der Waals surface area contributed by atoms with Crippen LogP contribution in [0, 0.1) is 6.92 Å². The third-order valence-electron chi connectivity index (χ3n) is 4.08. The average molecular weight is 465 g/mol. The highest BCUT2D eigenvalue weighted by Gasteiger charge is 2.19. The molecule has 0 aromatic carbocycles. The van der Waals surface area contributed by atoms with Crippen molar-refractivity contribution >= 4 is 41.3 Å². The second-order valence-electron chi connectivity index (χ2n) is 6.14. The number of rotatable bonds is 7. The molecule has 5 nitrogen and oxygen atoms in total. The molecule has 1 fully saturated rings. The fraction of sp³-hybridized carbons (Fsp3) is 0.765. The van der Waals surface area contributed by atoms with Gasteiger partial charge in [-0.15, -0.1) is 35.3 Å². The molecule has 1 aromatic heterocycles. The average Bonchev–Trinajstić information content (AvgIpc) is 2.95. The summed E-state index contributed by atoms with van der Waals surface area (Å²) < 4.78 is 0. The molecule has 0 aliphatic carbocycles. The number of likely N-dealkylation sites (tertiary alicyclic amines) is 1. The molecular formula is C17H32IN5S. The fourth-order valence-electron chi connectivity index (χ4n) is 2.91. The van der Waals surface area contributed by atoms with Crippen LogP contribution in [0.1, 0.15) is 43.0 Å². The number of thiazole rings is 1. The number of aryl methyl sites for hydroxylation is 1.